The van der Waals surface area contributed by atoms with Crippen LogP contribution in [-0.4, -0.2) is 31.4 Å². The molecular weight excluding hydrogens is 530 g/mol. The van der Waals surface area contributed by atoms with Gasteiger partial charge in [-0.1, -0.05) is 34.1 Å². The van der Waals surface area contributed by atoms with Crippen molar-refractivity contribution >= 4 is 37.6 Å². The molecule has 0 atom stereocenters. The number of benzene rings is 2. The molecule has 0 N–H and O–H groups in total. The van der Waals surface area contributed by atoms with E-state index in [4.69, 9.17) is 4.18 Å². The van der Waals surface area contributed by atoms with Crippen LogP contribution in [0.2, 0.25) is 0 Å². The van der Waals surface area contributed by atoms with Gasteiger partial charge in [-0.3, -0.25) is 9.59 Å². The van der Waals surface area contributed by atoms with Gasteiger partial charge in [-0.15, -0.1) is 0 Å². The Bertz CT molecular complexity index is 1330. The monoisotopic (exact) mass is 555 g/mol. The molecule has 0 radical (unpaired) electrons. The maximum absolute atomic E-state index is 13.4. The van der Waals surface area contributed by atoms with Crippen LogP contribution >= 0.6 is 15.9 Å². The van der Waals surface area contributed by atoms with E-state index in [0.717, 1.165) is 37.1 Å². The molecule has 8 heteroatoms. The van der Waals surface area contributed by atoms with Crippen molar-refractivity contribution in [2.24, 2.45) is 0 Å². The zero-order valence-corrected chi connectivity index (χ0v) is 21.8. The van der Waals surface area contributed by atoms with Crippen molar-refractivity contribution in [3.8, 4) is 5.75 Å². The number of hydrogen-bond donors (Lipinski definition) is 0. The molecule has 2 aromatic carbocycles. The lowest BCUT2D eigenvalue weighted by Crippen LogP contribution is -2.39. The van der Waals surface area contributed by atoms with Crippen molar-refractivity contribution in [1.29, 1.82) is 0 Å². The fourth-order valence-corrected chi connectivity index (χ4v) is 6.84. The number of hydrogen-bond acceptors (Lipinski definition) is 6. The number of nitrogens with zero attached hydrogens (tertiary/aromatic N) is 1. The average Bonchev–Trinajstić information content (AvgIpc) is 2.85. The molecule has 3 aliphatic rings. The van der Waals surface area contributed by atoms with E-state index in [1.807, 2.05) is 6.92 Å². The third-order valence-electron chi connectivity index (χ3n) is 6.92. The highest BCUT2D eigenvalue weighted by atomic mass is 79.9. The topological polar surface area (TPSA) is 80.8 Å². The van der Waals surface area contributed by atoms with Gasteiger partial charge < -0.3 is 9.08 Å². The van der Waals surface area contributed by atoms with Crippen LogP contribution < -0.4 is 4.18 Å². The highest BCUT2D eigenvalue weighted by molar-refractivity contribution is 9.10. The van der Waals surface area contributed by atoms with E-state index in [-0.39, 0.29) is 22.2 Å². The molecule has 0 aromatic heterocycles. The van der Waals surface area contributed by atoms with Crippen LogP contribution in [0.5, 0.6) is 5.75 Å². The van der Waals surface area contributed by atoms with Crippen molar-refractivity contribution in [2.75, 3.05) is 6.54 Å². The van der Waals surface area contributed by atoms with Crippen molar-refractivity contribution in [2.45, 2.75) is 56.3 Å². The molecule has 0 bridgehead atoms. The van der Waals surface area contributed by atoms with Crippen LogP contribution in [0.3, 0.4) is 0 Å². The molecule has 1 aliphatic heterocycles. The molecule has 35 heavy (non-hydrogen) atoms. The van der Waals surface area contributed by atoms with Crippen LogP contribution in [0.1, 0.15) is 56.9 Å². The van der Waals surface area contributed by atoms with Gasteiger partial charge in [-0.2, -0.15) is 8.42 Å². The second kappa shape index (κ2) is 9.39. The van der Waals surface area contributed by atoms with Crippen LogP contribution in [0.25, 0.3) is 0 Å². The van der Waals surface area contributed by atoms with Gasteiger partial charge in [0.2, 0.25) is 0 Å². The second-order valence-corrected chi connectivity index (χ2v) is 11.4. The highest BCUT2D eigenvalue weighted by Gasteiger charge is 2.44. The minimum Gasteiger partial charge on any atom is -0.379 e. The first-order chi connectivity index (χ1) is 16.8. The molecule has 6 nitrogen and oxygen atoms in total. The Hall–Kier alpha value is -2.71. The summed E-state index contributed by atoms with van der Waals surface area (Å²) < 4.78 is 32.6. The first-order valence-corrected chi connectivity index (χ1v) is 14.1. The lowest BCUT2D eigenvalue weighted by Gasteiger charge is -2.43. The fourth-order valence-electron chi connectivity index (χ4n) is 5.48. The number of ketones is 2. The summed E-state index contributed by atoms with van der Waals surface area (Å²) in [6, 6.07) is 13.0. The van der Waals surface area contributed by atoms with E-state index in [0.29, 0.717) is 40.6 Å². The van der Waals surface area contributed by atoms with Gasteiger partial charge in [0.15, 0.2) is 11.6 Å². The number of carbonyl (C=O) groups is 2. The fraction of sp³-hybridized carbons (Fsp3) is 0.333. The van der Waals surface area contributed by atoms with Crippen LogP contribution in [0.4, 0.5) is 0 Å². The van der Waals surface area contributed by atoms with Crippen LogP contribution in [0, 0.1) is 0 Å². The summed E-state index contributed by atoms with van der Waals surface area (Å²) in [6.45, 7) is 2.71. The third kappa shape index (κ3) is 4.27. The van der Waals surface area contributed by atoms with E-state index in [1.54, 1.807) is 36.4 Å². The van der Waals surface area contributed by atoms with E-state index < -0.39 is 16.0 Å². The average molecular weight is 556 g/mol. The number of halogens is 1. The van der Waals surface area contributed by atoms with Gasteiger partial charge in [0.1, 0.15) is 10.6 Å². The normalized spacial score (nSPS) is 19.1. The Balaban J connectivity index is 1.72. The van der Waals surface area contributed by atoms with Gasteiger partial charge in [0.05, 0.1) is 0 Å². The van der Waals surface area contributed by atoms with Gasteiger partial charge in [-0.25, -0.2) is 0 Å². The number of Topliss-reactive ketones (excluding diaryl/α,β-unsaturated/α-hetero) is 2. The summed E-state index contributed by atoms with van der Waals surface area (Å²) in [7, 11) is -4.12. The number of carbonyl (C=O) groups excluding carboxylic acids is 2. The summed E-state index contributed by atoms with van der Waals surface area (Å²) in [6.07, 6.45) is 3.86. The van der Waals surface area contributed by atoms with Gasteiger partial charge >= 0.3 is 10.1 Å². The summed E-state index contributed by atoms with van der Waals surface area (Å²) in [4.78, 5) is 28.9. The predicted octanol–water partition coefficient (Wildman–Crippen LogP) is 5.65. The minimum absolute atomic E-state index is 0.0106. The van der Waals surface area contributed by atoms with Gasteiger partial charge in [0.25, 0.3) is 0 Å². The first kappa shape index (κ1) is 24.0. The van der Waals surface area contributed by atoms with Gasteiger partial charge in [0, 0.05) is 57.9 Å². The second-order valence-electron chi connectivity index (χ2n) is 8.98. The molecule has 0 saturated carbocycles. The minimum atomic E-state index is -4.12. The summed E-state index contributed by atoms with van der Waals surface area (Å²) in [5.74, 6) is -0.503. The van der Waals surface area contributed by atoms with Crippen molar-refractivity contribution in [1.82, 2.24) is 4.90 Å². The quantitative estimate of drug-likeness (QED) is 0.443. The zero-order chi connectivity index (χ0) is 24.7. The molecule has 0 unspecified atom stereocenters. The Morgan fingerprint density at radius 2 is 1.51 bits per heavy atom. The van der Waals surface area contributed by atoms with E-state index in [9.17, 15) is 18.0 Å². The number of rotatable bonds is 5. The molecule has 2 aliphatic carbocycles. The lowest BCUT2D eigenvalue weighted by atomic mass is 9.71. The molecule has 2 aromatic rings. The smallest absolute Gasteiger partial charge is 0.339 e. The highest BCUT2D eigenvalue weighted by Crippen LogP contribution is 2.51. The van der Waals surface area contributed by atoms with E-state index in [1.165, 1.54) is 12.1 Å². The van der Waals surface area contributed by atoms with Crippen molar-refractivity contribution < 1.29 is 22.2 Å². The Kier molecular flexibility index (Phi) is 6.44. The molecule has 0 amide bonds. The van der Waals surface area contributed by atoms with Crippen LogP contribution in [0.15, 0.2) is 80.4 Å². The third-order valence-corrected chi connectivity index (χ3v) is 8.66. The molecule has 0 spiro atoms. The van der Waals surface area contributed by atoms with E-state index in [2.05, 4.69) is 20.8 Å². The van der Waals surface area contributed by atoms with Crippen molar-refractivity contribution in [3.63, 3.8) is 0 Å². The zero-order valence-electron chi connectivity index (χ0n) is 19.4. The molecular formula is C27H26BrNO5S. The first-order valence-electron chi connectivity index (χ1n) is 11.9. The predicted molar refractivity (Wildman–Crippen MR) is 135 cm³/mol. The summed E-state index contributed by atoms with van der Waals surface area (Å²) in [5.41, 5.74) is 3.64. The molecule has 1 heterocycles. The SMILES string of the molecule is CCN1C2=C(C(=O)CCC2)C(c2cc(Br)ccc2OS(=O)(=O)c2ccccc2)C2=C1CCCC2=O. The van der Waals surface area contributed by atoms with Gasteiger partial charge in [-0.05, 0) is 62.9 Å². The Morgan fingerprint density at radius 3 is 2.09 bits per heavy atom. The Labute approximate surface area is 213 Å². The Morgan fingerprint density at radius 1 is 0.914 bits per heavy atom. The molecule has 0 saturated heterocycles. The molecule has 5 rings (SSSR count). The maximum atomic E-state index is 13.4. The number of allylic oxidation sites excluding steroid dienone is 4. The molecule has 0 fully saturated rings. The standard InChI is InChI=1S/C27H26BrNO5S/c1-2-29-20-10-6-12-22(30)26(20)25(27-21(29)11-7-13-23(27)31)19-16-17(28)14-15-24(19)34-35(32,33)18-8-4-3-5-9-18/h3-5,8-9,14-16,25H,2,6-7,10-13H2,1H3. The summed E-state index contributed by atoms with van der Waals surface area (Å²) >= 11 is 3.50. The lowest BCUT2D eigenvalue weighted by molar-refractivity contribution is -0.117. The maximum Gasteiger partial charge on any atom is 0.339 e. The van der Waals surface area contributed by atoms with Crippen LogP contribution in [-0.2, 0) is 19.7 Å². The van der Waals surface area contributed by atoms with E-state index >= 15 is 0 Å². The summed E-state index contributed by atoms with van der Waals surface area (Å²) in [5, 5.41) is 0. The van der Waals surface area contributed by atoms with Crippen molar-refractivity contribution in [3.05, 3.63) is 81.1 Å². The largest absolute Gasteiger partial charge is 0.379 e. The molecule has 182 valence electrons.